The van der Waals surface area contributed by atoms with Gasteiger partial charge >= 0.3 is 0 Å². The van der Waals surface area contributed by atoms with Crippen LogP contribution in [0.1, 0.15) is 27.2 Å². The maximum absolute atomic E-state index is 11.5. The van der Waals surface area contributed by atoms with E-state index in [-0.39, 0.29) is 5.83 Å². The third-order valence-electron chi connectivity index (χ3n) is 0.348. The van der Waals surface area contributed by atoms with Crippen molar-refractivity contribution in [2.45, 2.75) is 27.2 Å². The van der Waals surface area contributed by atoms with Gasteiger partial charge in [-0.1, -0.05) is 32.9 Å². The molecule has 0 unspecified atom stereocenters. The Morgan fingerprint density at radius 2 is 1.89 bits per heavy atom. The van der Waals surface area contributed by atoms with Crippen molar-refractivity contribution in [1.29, 1.82) is 0 Å². The second-order valence-corrected chi connectivity index (χ2v) is 1.70. The van der Waals surface area contributed by atoms with Gasteiger partial charge in [-0.15, -0.1) is 0 Å². The summed E-state index contributed by atoms with van der Waals surface area (Å²) in [5.74, 6) is -0.204. The highest BCUT2D eigenvalue weighted by Crippen LogP contribution is 1.89. The second kappa shape index (κ2) is 10.4. The van der Waals surface area contributed by atoms with Gasteiger partial charge in [-0.05, 0) is 13.0 Å². The SMILES string of the molecule is C=C/C=C(\C)F.CCC. The molecule has 0 aliphatic heterocycles. The summed E-state index contributed by atoms with van der Waals surface area (Å²) in [6.45, 7) is 8.91. The molecule has 54 valence electrons. The molecule has 0 fully saturated rings. The van der Waals surface area contributed by atoms with Crippen molar-refractivity contribution < 1.29 is 4.39 Å². The van der Waals surface area contributed by atoms with E-state index in [2.05, 4.69) is 20.4 Å². The fraction of sp³-hybridized carbons (Fsp3) is 0.500. The molecule has 9 heavy (non-hydrogen) atoms. The molecule has 0 spiro atoms. The minimum atomic E-state index is -0.204. The first kappa shape index (κ1) is 11.2. The number of hydrogen-bond donors (Lipinski definition) is 0. The fourth-order valence-corrected chi connectivity index (χ4v) is 0.162. The largest absolute Gasteiger partial charge is 0.212 e. The van der Waals surface area contributed by atoms with Crippen LogP contribution in [0.25, 0.3) is 0 Å². The van der Waals surface area contributed by atoms with Crippen molar-refractivity contribution >= 4 is 0 Å². The molecule has 0 heterocycles. The van der Waals surface area contributed by atoms with Crippen molar-refractivity contribution in [2.75, 3.05) is 0 Å². The molecular weight excluding hydrogens is 115 g/mol. The van der Waals surface area contributed by atoms with Gasteiger partial charge in [-0.2, -0.15) is 0 Å². The number of rotatable bonds is 1. The molecule has 0 bridgehead atoms. The summed E-state index contributed by atoms with van der Waals surface area (Å²) in [5.41, 5.74) is 0. The number of halogens is 1. The predicted octanol–water partition coefficient (Wildman–Crippen LogP) is 3.46. The van der Waals surface area contributed by atoms with E-state index < -0.39 is 0 Å². The molecule has 0 radical (unpaired) electrons. The second-order valence-electron chi connectivity index (χ2n) is 1.70. The molecule has 0 atom stereocenters. The molecule has 0 rings (SSSR count). The van der Waals surface area contributed by atoms with Crippen LogP contribution in [0.3, 0.4) is 0 Å². The molecule has 0 saturated carbocycles. The van der Waals surface area contributed by atoms with Crippen LogP contribution in [0.5, 0.6) is 0 Å². The molecule has 0 aromatic rings. The van der Waals surface area contributed by atoms with E-state index in [0.717, 1.165) is 0 Å². The van der Waals surface area contributed by atoms with Gasteiger partial charge < -0.3 is 0 Å². The van der Waals surface area contributed by atoms with Crippen LogP contribution in [0.4, 0.5) is 4.39 Å². The van der Waals surface area contributed by atoms with Crippen LogP contribution in [-0.2, 0) is 0 Å². The van der Waals surface area contributed by atoms with E-state index in [1.165, 1.54) is 25.5 Å². The number of hydrogen-bond acceptors (Lipinski definition) is 0. The molecule has 0 amide bonds. The van der Waals surface area contributed by atoms with Crippen molar-refractivity contribution in [3.05, 3.63) is 24.6 Å². The van der Waals surface area contributed by atoms with Crippen LogP contribution in [-0.4, -0.2) is 0 Å². The van der Waals surface area contributed by atoms with Gasteiger partial charge in [0.25, 0.3) is 0 Å². The quantitative estimate of drug-likeness (QED) is 0.477. The third kappa shape index (κ3) is 37.3. The van der Waals surface area contributed by atoms with Gasteiger partial charge in [-0.3, -0.25) is 0 Å². The van der Waals surface area contributed by atoms with E-state index in [9.17, 15) is 4.39 Å². The predicted molar refractivity (Wildman–Crippen MR) is 41.0 cm³/mol. The summed E-state index contributed by atoms with van der Waals surface area (Å²) in [7, 11) is 0. The minimum Gasteiger partial charge on any atom is -0.212 e. The average Bonchev–Trinajstić information content (AvgIpc) is 1.67. The first-order valence-corrected chi connectivity index (χ1v) is 3.13. The Labute approximate surface area is 57.1 Å². The first-order chi connectivity index (χ1) is 4.18. The van der Waals surface area contributed by atoms with E-state index in [1.54, 1.807) is 0 Å². The van der Waals surface area contributed by atoms with Gasteiger partial charge in [-0.25, -0.2) is 4.39 Å². The van der Waals surface area contributed by atoms with Gasteiger partial charge in [0.1, 0.15) is 0 Å². The average molecular weight is 130 g/mol. The fourth-order valence-electron chi connectivity index (χ4n) is 0.162. The Kier molecular flexibility index (Phi) is 13.0. The van der Waals surface area contributed by atoms with Crippen molar-refractivity contribution in [3.63, 3.8) is 0 Å². The Bertz CT molecular complexity index is 78.6. The molecule has 0 N–H and O–H groups in total. The van der Waals surface area contributed by atoms with Gasteiger partial charge in [0.05, 0.1) is 5.83 Å². The summed E-state index contributed by atoms with van der Waals surface area (Å²) in [4.78, 5) is 0. The topological polar surface area (TPSA) is 0 Å². The zero-order valence-corrected chi connectivity index (χ0v) is 6.45. The first-order valence-electron chi connectivity index (χ1n) is 3.13. The van der Waals surface area contributed by atoms with Gasteiger partial charge in [0, 0.05) is 0 Å². The monoisotopic (exact) mass is 130 g/mol. The molecular formula is C8H15F. The van der Waals surface area contributed by atoms with Gasteiger partial charge in [0.15, 0.2) is 0 Å². The Balaban J connectivity index is 0. The van der Waals surface area contributed by atoms with Crippen LogP contribution in [0.2, 0.25) is 0 Å². The lowest BCUT2D eigenvalue weighted by Crippen LogP contribution is -1.51. The molecule has 1 heteroatoms. The maximum atomic E-state index is 11.5. The van der Waals surface area contributed by atoms with Crippen molar-refractivity contribution in [2.24, 2.45) is 0 Å². The highest BCUT2D eigenvalue weighted by atomic mass is 19.1. The summed E-state index contributed by atoms with van der Waals surface area (Å²) in [6, 6.07) is 0. The van der Waals surface area contributed by atoms with Crippen LogP contribution in [0, 0.1) is 0 Å². The maximum Gasteiger partial charge on any atom is 0.0968 e. The van der Waals surface area contributed by atoms with Crippen LogP contribution >= 0.6 is 0 Å². The zero-order chi connectivity index (χ0) is 7.70. The van der Waals surface area contributed by atoms with E-state index in [0.29, 0.717) is 0 Å². The Morgan fingerprint density at radius 1 is 1.56 bits per heavy atom. The summed E-state index contributed by atoms with van der Waals surface area (Å²) < 4.78 is 11.5. The lowest BCUT2D eigenvalue weighted by molar-refractivity contribution is 0.641. The summed E-state index contributed by atoms with van der Waals surface area (Å²) >= 11 is 0. The highest BCUT2D eigenvalue weighted by molar-refractivity contribution is 5.00. The molecule has 0 aliphatic rings. The lowest BCUT2D eigenvalue weighted by Gasteiger charge is -1.70. The van der Waals surface area contributed by atoms with E-state index in [1.807, 2.05) is 0 Å². The molecule has 0 aromatic heterocycles. The molecule has 0 aromatic carbocycles. The molecule has 0 saturated heterocycles. The molecule has 0 aliphatic carbocycles. The Hall–Kier alpha value is -0.590. The zero-order valence-electron chi connectivity index (χ0n) is 6.45. The van der Waals surface area contributed by atoms with Crippen molar-refractivity contribution in [3.8, 4) is 0 Å². The minimum absolute atomic E-state index is 0.204. The van der Waals surface area contributed by atoms with E-state index >= 15 is 0 Å². The smallest absolute Gasteiger partial charge is 0.0968 e. The highest BCUT2D eigenvalue weighted by Gasteiger charge is 1.69. The summed E-state index contributed by atoms with van der Waals surface area (Å²) in [6.07, 6.45) is 3.97. The normalized spacial score (nSPS) is 9.56. The van der Waals surface area contributed by atoms with E-state index in [4.69, 9.17) is 0 Å². The lowest BCUT2D eigenvalue weighted by atomic mass is 10.5. The third-order valence-corrected chi connectivity index (χ3v) is 0.348. The van der Waals surface area contributed by atoms with Crippen LogP contribution < -0.4 is 0 Å². The number of allylic oxidation sites excluding steroid dienone is 3. The standard InChI is InChI=1S/C5H7F.C3H8/c1-3-4-5(2)6;1-3-2/h3-4H,1H2,2H3;3H2,1-2H3/b5-4+;. The van der Waals surface area contributed by atoms with Crippen LogP contribution in [0.15, 0.2) is 24.6 Å². The summed E-state index contributed by atoms with van der Waals surface area (Å²) in [5, 5.41) is 0. The Morgan fingerprint density at radius 3 is 1.89 bits per heavy atom. The van der Waals surface area contributed by atoms with Gasteiger partial charge in [0.2, 0.25) is 0 Å². The molecule has 0 nitrogen and oxygen atoms in total. The van der Waals surface area contributed by atoms with Crippen molar-refractivity contribution in [1.82, 2.24) is 0 Å².